The summed E-state index contributed by atoms with van der Waals surface area (Å²) < 4.78 is 5.78. The third kappa shape index (κ3) is 6.79. The van der Waals surface area contributed by atoms with E-state index in [2.05, 4.69) is 24.5 Å². The summed E-state index contributed by atoms with van der Waals surface area (Å²) >= 11 is 0. The van der Waals surface area contributed by atoms with Crippen LogP contribution in [0, 0.1) is 13.8 Å². The monoisotopic (exact) mass is 354 g/mol. The summed E-state index contributed by atoms with van der Waals surface area (Å²) in [5, 5.41) is 6.07. The molecule has 2 N–H and O–H groups in total. The Morgan fingerprint density at radius 3 is 2.58 bits per heavy atom. The van der Waals surface area contributed by atoms with Gasteiger partial charge in [0.25, 0.3) is 0 Å². The number of hydrogen-bond acceptors (Lipinski definition) is 3. The topological polar surface area (TPSA) is 50.4 Å². The number of benzene rings is 2. The van der Waals surface area contributed by atoms with Crippen LogP contribution >= 0.6 is 0 Å². The highest BCUT2D eigenvalue weighted by Gasteiger charge is 2.04. The van der Waals surface area contributed by atoms with E-state index in [-0.39, 0.29) is 12.5 Å². The number of anilines is 2. The molecule has 0 aromatic heterocycles. The van der Waals surface area contributed by atoms with Gasteiger partial charge in [-0.1, -0.05) is 38.3 Å². The Kier molecular flexibility index (Phi) is 8.00. The Balaban J connectivity index is 1.78. The summed E-state index contributed by atoms with van der Waals surface area (Å²) in [5.74, 6) is 0.764. The largest absolute Gasteiger partial charge is 0.494 e. The lowest BCUT2D eigenvalue weighted by atomic mass is 10.1. The van der Waals surface area contributed by atoms with E-state index in [0.717, 1.165) is 30.2 Å². The first-order valence-electron chi connectivity index (χ1n) is 9.42. The zero-order valence-corrected chi connectivity index (χ0v) is 16.1. The van der Waals surface area contributed by atoms with Crippen molar-refractivity contribution in [3.8, 4) is 5.75 Å². The van der Waals surface area contributed by atoms with E-state index in [1.165, 1.54) is 30.4 Å². The van der Waals surface area contributed by atoms with Crippen LogP contribution in [-0.4, -0.2) is 19.1 Å². The molecule has 2 aromatic rings. The van der Waals surface area contributed by atoms with Crippen LogP contribution < -0.4 is 15.4 Å². The minimum Gasteiger partial charge on any atom is -0.494 e. The molecule has 0 radical (unpaired) electrons. The Morgan fingerprint density at radius 2 is 1.81 bits per heavy atom. The van der Waals surface area contributed by atoms with E-state index >= 15 is 0 Å². The molecule has 0 bridgehead atoms. The van der Waals surface area contributed by atoms with Crippen LogP contribution in [0.2, 0.25) is 0 Å². The van der Waals surface area contributed by atoms with Crippen LogP contribution in [0.25, 0.3) is 0 Å². The van der Waals surface area contributed by atoms with Gasteiger partial charge in [0.2, 0.25) is 5.91 Å². The van der Waals surface area contributed by atoms with E-state index < -0.39 is 0 Å². The number of nitrogens with one attached hydrogen (secondary N) is 2. The summed E-state index contributed by atoms with van der Waals surface area (Å²) in [7, 11) is 0. The average molecular weight is 354 g/mol. The lowest BCUT2D eigenvalue weighted by molar-refractivity contribution is -0.114. The molecule has 0 aliphatic carbocycles. The third-order valence-corrected chi connectivity index (χ3v) is 4.34. The van der Waals surface area contributed by atoms with Crippen molar-refractivity contribution < 1.29 is 9.53 Å². The molecule has 0 fully saturated rings. The molecule has 0 aliphatic heterocycles. The molecular formula is C22H30N2O2. The molecule has 0 aliphatic rings. The van der Waals surface area contributed by atoms with Gasteiger partial charge in [-0.05, 0) is 55.7 Å². The Morgan fingerprint density at radius 1 is 0.962 bits per heavy atom. The number of carbonyl (C=O) groups is 1. The van der Waals surface area contributed by atoms with Crippen molar-refractivity contribution in [3.05, 3.63) is 53.6 Å². The highest BCUT2D eigenvalue weighted by atomic mass is 16.5. The van der Waals surface area contributed by atoms with Gasteiger partial charge in [-0.15, -0.1) is 0 Å². The first-order chi connectivity index (χ1) is 12.6. The van der Waals surface area contributed by atoms with Crippen molar-refractivity contribution in [1.82, 2.24) is 0 Å². The lowest BCUT2D eigenvalue weighted by Crippen LogP contribution is -2.21. The van der Waals surface area contributed by atoms with Crippen LogP contribution in [0.4, 0.5) is 11.4 Å². The molecule has 4 heteroatoms. The minimum atomic E-state index is -0.0702. The Bertz CT molecular complexity index is 713. The molecular weight excluding hydrogens is 324 g/mol. The summed E-state index contributed by atoms with van der Waals surface area (Å²) in [6.45, 7) is 7.24. The van der Waals surface area contributed by atoms with Gasteiger partial charge in [-0.3, -0.25) is 4.79 Å². The van der Waals surface area contributed by atoms with Gasteiger partial charge in [-0.25, -0.2) is 0 Å². The fourth-order valence-corrected chi connectivity index (χ4v) is 2.62. The Hall–Kier alpha value is -2.49. The normalized spacial score (nSPS) is 10.4. The van der Waals surface area contributed by atoms with Crippen molar-refractivity contribution in [2.75, 3.05) is 23.8 Å². The van der Waals surface area contributed by atoms with Gasteiger partial charge in [0, 0.05) is 17.4 Å². The van der Waals surface area contributed by atoms with E-state index in [4.69, 9.17) is 4.74 Å². The number of hydrogen-bond donors (Lipinski definition) is 2. The summed E-state index contributed by atoms with van der Waals surface area (Å²) in [6, 6.07) is 13.7. The minimum absolute atomic E-state index is 0.0702. The molecule has 4 nitrogen and oxygen atoms in total. The summed E-state index contributed by atoms with van der Waals surface area (Å²) in [5.41, 5.74) is 4.09. The predicted molar refractivity (Wildman–Crippen MR) is 109 cm³/mol. The first-order valence-corrected chi connectivity index (χ1v) is 9.42. The third-order valence-electron chi connectivity index (χ3n) is 4.34. The molecule has 26 heavy (non-hydrogen) atoms. The zero-order chi connectivity index (χ0) is 18.8. The highest BCUT2D eigenvalue weighted by Crippen LogP contribution is 2.18. The van der Waals surface area contributed by atoms with E-state index in [9.17, 15) is 4.79 Å². The van der Waals surface area contributed by atoms with E-state index in [1.807, 2.05) is 49.4 Å². The molecule has 2 aromatic carbocycles. The van der Waals surface area contributed by atoms with Crippen molar-refractivity contribution in [2.24, 2.45) is 0 Å². The van der Waals surface area contributed by atoms with E-state index in [0.29, 0.717) is 0 Å². The van der Waals surface area contributed by atoms with Crippen LogP contribution in [0.1, 0.15) is 43.7 Å². The van der Waals surface area contributed by atoms with Gasteiger partial charge >= 0.3 is 0 Å². The number of carbonyl (C=O) groups excluding carboxylic acids is 1. The van der Waals surface area contributed by atoms with Crippen molar-refractivity contribution in [3.63, 3.8) is 0 Å². The quantitative estimate of drug-likeness (QED) is 0.568. The van der Waals surface area contributed by atoms with Crippen molar-refractivity contribution in [2.45, 2.75) is 46.5 Å². The average Bonchev–Trinajstić information content (AvgIpc) is 2.63. The molecule has 0 heterocycles. The van der Waals surface area contributed by atoms with Crippen molar-refractivity contribution in [1.29, 1.82) is 0 Å². The number of rotatable bonds is 10. The Labute approximate surface area is 157 Å². The van der Waals surface area contributed by atoms with Crippen molar-refractivity contribution >= 4 is 17.3 Å². The predicted octanol–water partition coefficient (Wildman–Crippen LogP) is 5.31. The first kappa shape index (κ1) is 19.8. The fourth-order valence-electron chi connectivity index (χ4n) is 2.62. The standard InChI is InChI=1S/C22H30N2O2/c1-4-5-6-7-13-26-21-10-8-9-19(15-21)23-16-22(25)24-20-12-11-17(2)18(3)14-20/h8-12,14-15,23H,4-7,13,16H2,1-3H3,(H,24,25). The SMILES string of the molecule is CCCCCCOc1cccc(NCC(=O)Nc2ccc(C)c(C)c2)c1. The van der Waals surface area contributed by atoms with Gasteiger partial charge in [0.15, 0.2) is 0 Å². The molecule has 0 unspecified atom stereocenters. The second kappa shape index (κ2) is 10.5. The van der Waals surface area contributed by atoms with Crippen LogP contribution in [0.15, 0.2) is 42.5 Å². The maximum Gasteiger partial charge on any atom is 0.243 e. The number of ether oxygens (including phenoxy) is 1. The smallest absolute Gasteiger partial charge is 0.243 e. The maximum absolute atomic E-state index is 12.1. The second-order valence-corrected chi connectivity index (χ2v) is 6.64. The molecule has 1 amide bonds. The molecule has 0 saturated heterocycles. The fraction of sp³-hybridized carbons (Fsp3) is 0.409. The van der Waals surface area contributed by atoms with Crippen LogP contribution in [0.5, 0.6) is 5.75 Å². The second-order valence-electron chi connectivity index (χ2n) is 6.64. The highest BCUT2D eigenvalue weighted by molar-refractivity contribution is 5.93. The zero-order valence-electron chi connectivity index (χ0n) is 16.1. The van der Waals surface area contributed by atoms with E-state index in [1.54, 1.807) is 0 Å². The van der Waals surface area contributed by atoms with Gasteiger partial charge < -0.3 is 15.4 Å². The van der Waals surface area contributed by atoms with Crippen LogP contribution in [0.3, 0.4) is 0 Å². The lowest BCUT2D eigenvalue weighted by Gasteiger charge is -2.11. The molecule has 0 atom stereocenters. The molecule has 2 rings (SSSR count). The number of amides is 1. The molecule has 140 valence electrons. The number of aryl methyl sites for hydroxylation is 2. The van der Waals surface area contributed by atoms with Crippen LogP contribution in [-0.2, 0) is 4.79 Å². The summed E-state index contributed by atoms with van der Waals surface area (Å²) in [4.78, 5) is 12.1. The summed E-state index contributed by atoms with van der Waals surface area (Å²) in [6.07, 6.45) is 4.75. The molecule has 0 spiro atoms. The number of unbranched alkanes of at least 4 members (excludes halogenated alkanes) is 3. The van der Waals surface area contributed by atoms with Gasteiger partial charge in [0.05, 0.1) is 13.2 Å². The van der Waals surface area contributed by atoms with Gasteiger partial charge in [0.1, 0.15) is 5.75 Å². The maximum atomic E-state index is 12.1. The van der Waals surface area contributed by atoms with Gasteiger partial charge in [-0.2, -0.15) is 0 Å². The molecule has 0 saturated carbocycles.